The topological polar surface area (TPSA) is 86.9 Å². The van der Waals surface area contributed by atoms with Crippen LogP contribution in [0.5, 0.6) is 0 Å². The molecule has 0 fully saturated rings. The third kappa shape index (κ3) is 3.65. The molecule has 1 atom stereocenters. The summed E-state index contributed by atoms with van der Waals surface area (Å²) in [6.07, 6.45) is 0. The number of carbonyl (C=O) groups excluding carboxylic acids is 1. The van der Waals surface area contributed by atoms with Gasteiger partial charge in [-0.1, -0.05) is 0 Å². The van der Waals surface area contributed by atoms with E-state index in [-0.39, 0.29) is 17.5 Å². The smallest absolute Gasteiger partial charge is 0.335 e. The molecular weight excluding hydrogens is 270 g/mol. The van der Waals surface area contributed by atoms with Crippen molar-refractivity contribution >= 4 is 23.3 Å². The molecule has 21 heavy (non-hydrogen) atoms. The molecule has 1 unspecified atom stereocenters. The molecule has 0 saturated carbocycles. The summed E-state index contributed by atoms with van der Waals surface area (Å²) in [4.78, 5) is 26.8. The fourth-order valence-electron chi connectivity index (χ4n) is 2.18. The molecule has 0 heterocycles. The number of carboxylic acids is 1. The van der Waals surface area contributed by atoms with E-state index in [1.54, 1.807) is 22.9 Å². The van der Waals surface area contributed by atoms with Gasteiger partial charge in [0.25, 0.3) is 0 Å². The van der Waals surface area contributed by atoms with Crippen molar-refractivity contribution in [3.63, 3.8) is 0 Å². The third-order valence-corrected chi connectivity index (χ3v) is 3.67. The fourth-order valence-corrected chi connectivity index (χ4v) is 2.18. The number of nitrogens with zero attached hydrogens (tertiary/aromatic N) is 2. The number of aromatic carboxylic acids is 1. The van der Waals surface area contributed by atoms with E-state index >= 15 is 0 Å². The number of hydrogen-bond acceptors (Lipinski definition) is 4. The minimum Gasteiger partial charge on any atom is -0.478 e. The Balaban J connectivity index is 3.00. The van der Waals surface area contributed by atoms with E-state index in [4.69, 9.17) is 10.8 Å². The molecule has 1 amide bonds. The number of anilines is 2. The summed E-state index contributed by atoms with van der Waals surface area (Å²) in [6, 6.07) is 4.15. The molecule has 0 aliphatic rings. The molecule has 1 rings (SSSR count). The lowest BCUT2D eigenvalue weighted by molar-refractivity contribution is -0.131. The molecular formula is C15H23N3O3. The van der Waals surface area contributed by atoms with Crippen molar-refractivity contribution in [2.75, 3.05) is 30.8 Å². The molecule has 6 heteroatoms. The largest absolute Gasteiger partial charge is 0.478 e. The van der Waals surface area contributed by atoms with Gasteiger partial charge in [0, 0.05) is 20.1 Å². The lowest BCUT2D eigenvalue weighted by atomic mass is 10.1. The van der Waals surface area contributed by atoms with Crippen LogP contribution in [0, 0.1) is 0 Å². The molecule has 1 aromatic rings. The first-order chi connectivity index (χ1) is 9.83. The zero-order chi connectivity index (χ0) is 16.2. The molecule has 0 aliphatic carbocycles. The summed E-state index contributed by atoms with van der Waals surface area (Å²) in [5.74, 6) is -1.01. The van der Waals surface area contributed by atoms with Crippen LogP contribution in [0.25, 0.3) is 0 Å². The Kier molecular flexibility index (Phi) is 5.58. The van der Waals surface area contributed by atoms with Gasteiger partial charge in [-0.05, 0) is 39.0 Å². The minimum absolute atomic E-state index is 0.0178. The average Bonchev–Trinajstić information content (AvgIpc) is 2.46. The first kappa shape index (κ1) is 16.8. The predicted molar refractivity (Wildman–Crippen MR) is 83.6 cm³/mol. The zero-order valence-corrected chi connectivity index (χ0v) is 13.0. The second kappa shape index (κ2) is 6.97. The first-order valence-electron chi connectivity index (χ1n) is 6.97. The molecule has 1 aromatic carbocycles. The minimum atomic E-state index is -1.02. The maximum Gasteiger partial charge on any atom is 0.335 e. The van der Waals surface area contributed by atoms with E-state index in [0.717, 1.165) is 0 Å². The Bertz CT molecular complexity index is 527. The Morgan fingerprint density at radius 2 is 1.86 bits per heavy atom. The highest BCUT2D eigenvalue weighted by atomic mass is 16.4. The lowest BCUT2D eigenvalue weighted by Crippen LogP contribution is -2.45. The van der Waals surface area contributed by atoms with Crippen molar-refractivity contribution in [3.8, 4) is 0 Å². The highest BCUT2D eigenvalue weighted by Crippen LogP contribution is 2.25. The van der Waals surface area contributed by atoms with Crippen LogP contribution in [-0.4, -0.2) is 48.1 Å². The number of nitrogen functional groups attached to an aromatic ring is 1. The van der Waals surface area contributed by atoms with E-state index in [1.165, 1.54) is 12.1 Å². The zero-order valence-electron chi connectivity index (χ0n) is 13.0. The Morgan fingerprint density at radius 3 is 2.29 bits per heavy atom. The number of hydrogen-bond donors (Lipinski definition) is 2. The number of nitrogens with two attached hydrogens (primary N) is 1. The van der Waals surface area contributed by atoms with Gasteiger partial charge in [0.05, 0.1) is 16.9 Å². The number of benzene rings is 1. The van der Waals surface area contributed by atoms with Gasteiger partial charge in [0.15, 0.2) is 0 Å². The Labute approximate surface area is 125 Å². The van der Waals surface area contributed by atoms with E-state index in [9.17, 15) is 9.59 Å². The van der Waals surface area contributed by atoms with Gasteiger partial charge in [-0.3, -0.25) is 4.79 Å². The fraction of sp³-hybridized carbons (Fsp3) is 0.467. The SMILES string of the molecule is CCN(CC)C(=O)C(C)N(C)c1ccc(C(=O)O)cc1N. The summed E-state index contributed by atoms with van der Waals surface area (Å²) in [5.41, 5.74) is 7.03. The van der Waals surface area contributed by atoms with E-state index in [0.29, 0.717) is 24.5 Å². The standard InChI is InChI=1S/C15H23N3O3/c1-5-18(6-2)14(19)10(3)17(4)13-8-7-11(15(20)21)9-12(13)16/h7-10H,5-6,16H2,1-4H3,(H,20,21). The normalized spacial score (nSPS) is 11.8. The second-order valence-electron chi connectivity index (χ2n) is 4.88. The van der Waals surface area contributed by atoms with Gasteiger partial charge < -0.3 is 20.6 Å². The summed E-state index contributed by atoms with van der Waals surface area (Å²) in [7, 11) is 1.78. The highest BCUT2D eigenvalue weighted by Gasteiger charge is 2.23. The van der Waals surface area contributed by atoms with Gasteiger partial charge in [-0.2, -0.15) is 0 Å². The van der Waals surface area contributed by atoms with Crippen molar-refractivity contribution in [2.45, 2.75) is 26.8 Å². The summed E-state index contributed by atoms with van der Waals surface area (Å²) in [5, 5.41) is 8.94. The monoisotopic (exact) mass is 293 g/mol. The molecule has 6 nitrogen and oxygen atoms in total. The molecule has 0 aromatic heterocycles. The van der Waals surface area contributed by atoms with Crippen LogP contribution >= 0.6 is 0 Å². The number of amides is 1. The van der Waals surface area contributed by atoms with Crippen molar-refractivity contribution in [1.29, 1.82) is 0 Å². The van der Waals surface area contributed by atoms with Gasteiger partial charge in [0.1, 0.15) is 6.04 Å². The Morgan fingerprint density at radius 1 is 1.29 bits per heavy atom. The quantitative estimate of drug-likeness (QED) is 0.779. The average molecular weight is 293 g/mol. The van der Waals surface area contributed by atoms with Crippen molar-refractivity contribution < 1.29 is 14.7 Å². The predicted octanol–water partition coefficient (Wildman–Crippen LogP) is 1.66. The summed E-state index contributed by atoms with van der Waals surface area (Å²) in [6.45, 7) is 6.99. The summed E-state index contributed by atoms with van der Waals surface area (Å²) >= 11 is 0. The highest BCUT2D eigenvalue weighted by molar-refractivity contribution is 5.91. The van der Waals surface area contributed by atoms with Crippen LogP contribution in [0.1, 0.15) is 31.1 Å². The van der Waals surface area contributed by atoms with Gasteiger partial charge >= 0.3 is 5.97 Å². The van der Waals surface area contributed by atoms with Crippen LogP contribution in [-0.2, 0) is 4.79 Å². The maximum atomic E-state index is 12.4. The first-order valence-corrected chi connectivity index (χ1v) is 6.97. The van der Waals surface area contributed by atoms with Crippen molar-refractivity contribution in [1.82, 2.24) is 4.90 Å². The molecule has 116 valence electrons. The molecule has 0 spiro atoms. The lowest BCUT2D eigenvalue weighted by Gasteiger charge is -2.31. The summed E-state index contributed by atoms with van der Waals surface area (Å²) < 4.78 is 0. The van der Waals surface area contributed by atoms with Crippen LogP contribution in [0.3, 0.4) is 0 Å². The molecule has 3 N–H and O–H groups in total. The van der Waals surface area contributed by atoms with Crippen LogP contribution in [0.2, 0.25) is 0 Å². The number of rotatable bonds is 6. The number of likely N-dealkylation sites (N-methyl/N-ethyl adjacent to an activating group) is 2. The molecule has 0 bridgehead atoms. The van der Waals surface area contributed by atoms with E-state index in [2.05, 4.69) is 0 Å². The number of carboxylic acid groups (broad SMARTS) is 1. The van der Waals surface area contributed by atoms with Gasteiger partial charge in [0.2, 0.25) is 5.91 Å². The van der Waals surface area contributed by atoms with Gasteiger partial charge in [-0.15, -0.1) is 0 Å². The van der Waals surface area contributed by atoms with Crippen LogP contribution in [0.4, 0.5) is 11.4 Å². The molecule has 0 radical (unpaired) electrons. The molecule has 0 aliphatic heterocycles. The van der Waals surface area contributed by atoms with Crippen molar-refractivity contribution in [3.05, 3.63) is 23.8 Å². The van der Waals surface area contributed by atoms with E-state index < -0.39 is 5.97 Å². The van der Waals surface area contributed by atoms with Crippen LogP contribution in [0.15, 0.2) is 18.2 Å². The second-order valence-corrected chi connectivity index (χ2v) is 4.88. The van der Waals surface area contributed by atoms with Crippen molar-refractivity contribution in [2.24, 2.45) is 0 Å². The van der Waals surface area contributed by atoms with Gasteiger partial charge in [-0.25, -0.2) is 4.79 Å². The number of carbonyl (C=O) groups is 2. The van der Waals surface area contributed by atoms with Crippen LogP contribution < -0.4 is 10.6 Å². The Hall–Kier alpha value is -2.24. The molecule has 0 saturated heterocycles. The van der Waals surface area contributed by atoms with E-state index in [1.807, 2.05) is 20.8 Å². The third-order valence-electron chi connectivity index (χ3n) is 3.67. The maximum absolute atomic E-state index is 12.4.